The van der Waals surface area contributed by atoms with Gasteiger partial charge in [-0.15, -0.1) is 0 Å². The largest absolute Gasteiger partial charge is 0.550 e. The Morgan fingerprint density at radius 2 is 1.60 bits per heavy atom. The minimum Gasteiger partial charge on any atom is -0.550 e. The predicted molar refractivity (Wildman–Crippen MR) is 198 cm³/mol. The smallest absolute Gasteiger partial charge is 0.408 e. The minimum atomic E-state index is -1.08. The predicted octanol–water partition coefficient (Wildman–Crippen LogP) is -2.79. The molecule has 1 aliphatic heterocycles. The molecule has 1 heterocycles. The Morgan fingerprint density at radius 1 is 1.00 bits per heavy atom. The summed E-state index contributed by atoms with van der Waals surface area (Å²) in [6.07, 6.45) is 2.31. The van der Waals surface area contributed by atoms with Crippen molar-refractivity contribution in [3.8, 4) is 0 Å². The number of nitrogens with one attached hydrogen (secondary N) is 5. The van der Waals surface area contributed by atoms with Gasteiger partial charge in [-0.25, -0.2) is 4.79 Å². The number of ketones is 1. The molecule has 5 amide bonds. The molecule has 1 aromatic rings. The highest BCUT2D eigenvalue weighted by molar-refractivity contribution is 6.26. The first kappa shape index (κ1) is 47.2. The molecule has 1 aliphatic rings. The molecule has 19 nitrogen and oxygen atoms in total. The molecule has 9 N–H and O–H groups in total. The van der Waals surface area contributed by atoms with Gasteiger partial charge in [0.1, 0.15) is 30.8 Å². The summed E-state index contributed by atoms with van der Waals surface area (Å²) in [5.41, 5.74) is 20.3. The van der Waals surface area contributed by atoms with Crippen molar-refractivity contribution in [2.45, 2.75) is 104 Å². The fourth-order valence-electron chi connectivity index (χ4n) is 5.48. The van der Waals surface area contributed by atoms with E-state index in [1.807, 2.05) is 32.0 Å². The molecule has 0 aromatic heterocycles. The van der Waals surface area contributed by atoms with Crippen molar-refractivity contribution in [1.29, 1.82) is 0 Å². The monoisotopic (exact) mass is 772 g/mol. The number of ether oxygens (including phenoxy) is 1. The lowest BCUT2D eigenvalue weighted by atomic mass is 9.94. The van der Waals surface area contributed by atoms with E-state index in [2.05, 4.69) is 31.0 Å². The summed E-state index contributed by atoms with van der Waals surface area (Å²) >= 11 is 0. The first-order valence-corrected chi connectivity index (χ1v) is 18.2. The van der Waals surface area contributed by atoms with Crippen molar-refractivity contribution >= 4 is 53.6 Å². The van der Waals surface area contributed by atoms with E-state index in [4.69, 9.17) is 31.6 Å². The molecule has 1 aromatic carbocycles. The van der Waals surface area contributed by atoms with Crippen LogP contribution in [0.25, 0.3) is 5.53 Å². The summed E-state index contributed by atoms with van der Waals surface area (Å²) in [7, 11) is 0. The number of guanidine groups is 1. The quantitative estimate of drug-likeness (QED) is 0.0234. The van der Waals surface area contributed by atoms with Crippen LogP contribution in [-0.4, -0.2) is 107 Å². The molecule has 19 heteroatoms. The zero-order valence-electron chi connectivity index (χ0n) is 32.2. The average Bonchev–Trinajstić information content (AvgIpc) is 3.65. The van der Waals surface area contributed by atoms with Gasteiger partial charge < -0.3 is 46.3 Å². The molecule has 304 valence electrons. The number of amides is 5. The Labute approximate surface area is 321 Å². The van der Waals surface area contributed by atoms with Crippen LogP contribution in [0.1, 0.15) is 78.7 Å². The van der Waals surface area contributed by atoms with Gasteiger partial charge >= 0.3 is 18.3 Å². The van der Waals surface area contributed by atoms with Crippen LogP contribution in [0.2, 0.25) is 0 Å². The van der Waals surface area contributed by atoms with Gasteiger partial charge in [-0.3, -0.25) is 40.4 Å². The van der Waals surface area contributed by atoms with Crippen LogP contribution in [0.5, 0.6) is 0 Å². The van der Waals surface area contributed by atoms with Gasteiger partial charge in [-0.05, 0) is 50.0 Å². The zero-order valence-corrected chi connectivity index (χ0v) is 32.2. The molecule has 0 bridgehead atoms. The van der Waals surface area contributed by atoms with Gasteiger partial charge in [0.25, 0.3) is 5.78 Å². The zero-order chi connectivity index (χ0) is 41.5. The van der Waals surface area contributed by atoms with Gasteiger partial charge in [-0.2, -0.15) is 4.79 Å². The summed E-state index contributed by atoms with van der Waals surface area (Å²) in [5, 5.41) is 19.6. The van der Waals surface area contributed by atoms with Crippen molar-refractivity contribution < 1.29 is 53.2 Å². The number of likely N-dealkylation sites (tertiary alicyclic amines) is 1. The Hall–Kier alpha value is -5.84. The van der Waals surface area contributed by atoms with E-state index in [9.17, 15) is 28.8 Å². The first-order chi connectivity index (χ1) is 26.1. The topological polar surface area (TPSA) is 306 Å². The SMILES string of the molecule is CC(=O)[O-].CC[C@H](C)[C@H](NC(=O)[C@H](CCC[NH+]=C(N)N)NC(=O)OCc1ccccc1)C(=O)N[C@H](C(=O)N1CCC[C@H]1C(=O)NCC(=O)C=[N+]=[N-])[C@@H](C)CC. The van der Waals surface area contributed by atoms with Crippen LogP contribution in [0.4, 0.5) is 4.79 Å². The molecule has 0 radical (unpaired) electrons. The fourth-order valence-corrected chi connectivity index (χ4v) is 5.48. The highest BCUT2D eigenvalue weighted by atomic mass is 16.5. The van der Waals surface area contributed by atoms with Gasteiger partial charge in [0, 0.05) is 12.5 Å². The number of benzene rings is 1. The summed E-state index contributed by atoms with van der Waals surface area (Å²) < 4.78 is 5.33. The number of hydrogen-bond donors (Lipinski definition) is 7. The summed E-state index contributed by atoms with van der Waals surface area (Å²) in [4.78, 5) is 94.7. The van der Waals surface area contributed by atoms with Crippen molar-refractivity contribution in [2.24, 2.45) is 23.3 Å². The number of carbonyl (C=O) groups excluding carboxylic acids is 7. The maximum absolute atomic E-state index is 13.9. The maximum Gasteiger partial charge on any atom is 0.408 e. The van der Waals surface area contributed by atoms with Gasteiger partial charge in [-0.1, -0.05) is 70.9 Å². The highest BCUT2D eigenvalue weighted by Crippen LogP contribution is 2.22. The van der Waals surface area contributed by atoms with E-state index in [1.165, 1.54) is 4.90 Å². The normalized spacial score (nSPS) is 15.8. The fraction of sp³-hybridized carbons (Fsp3) is 0.583. The summed E-state index contributed by atoms with van der Waals surface area (Å²) in [5.74, 6) is -4.63. The van der Waals surface area contributed by atoms with E-state index in [0.717, 1.165) is 12.5 Å². The molecule has 1 fully saturated rings. The van der Waals surface area contributed by atoms with Crippen LogP contribution in [0.15, 0.2) is 30.3 Å². The standard InChI is InChI=1S/C34H52N10O7.C2H4O2/c1-5-21(3)27(42-29(46)25(14-10-16-38-33(35)36)41-34(50)51-20-23-12-8-7-9-13-23)31(48)43-28(22(4)6-2)32(49)44-17-11-15-26(44)30(47)39-18-24(45)19-40-37;1-2(3)4/h7-9,12-13,19,21-22,25-28H,5-6,10-11,14-18,20H2,1-4H3,(H,39,47)(H,41,50)(H,42,46)(H,43,48)(H4,35,36,38);1H3,(H,3,4)/t21-,22-,25-,26-,27-,28-;/m0./s1. The Morgan fingerprint density at radius 3 is 2.18 bits per heavy atom. The van der Waals surface area contributed by atoms with Crippen molar-refractivity contribution in [3.63, 3.8) is 0 Å². The highest BCUT2D eigenvalue weighted by Gasteiger charge is 2.40. The van der Waals surface area contributed by atoms with E-state index in [1.54, 1.807) is 26.0 Å². The molecule has 2 rings (SSSR count). The van der Waals surface area contributed by atoms with Crippen molar-refractivity contribution in [3.05, 3.63) is 41.4 Å². The minimum absolute atomic E-state index is 0.00847. The number of aliphatic carboxylic acids is 1. The van der Waals surface area contributed by atoms with Crippen LogP contribution in [0, 0.1) is 11.8 Å². The van der Waals surface area contributed by atoms with Crippen LogP contribution in [-0.2, 0) is 40.1 Å². The van der Waals surface area contributed by atoms with Crippen LogP contribution in [0.3, 0.4) is 0 Å². The molecular formula is C36H56N10O9. The summed E-state index contributed by atoms with van der Waals surface area (Å²) in [6.45, 7) is 8.46. The molecule has 0 saturated carbocycles. The lowest BCUT2D eigenvalue weighted by molar-refractivity contribution is -0.459. The summed E-state index contributed by atoms with van der Waals surface area (Å²) in [6, 6.07) is 4.99. The van der Waals surface area contributed by atoms with Gasteiger partial charge in [0.15, 0.2) is 0 Å². The van der Waals surface area contributed by atoms with E-state index in [-0.39, 0.29) is 37.4 Å². The molecular weight excluding hydrogens is 716 g/mol. The number of carbonyl (C=O) groups is 7. The molecule has 0 spiro atoms. The molecule has 0 unspecified atom stereocenters. The van der Waals surface area contributed by atoms with E-state index in [0.29, 0.717) is 44.9 Å². The third kappa shape index (κ3) is 17.7. The molecule has 0 aliphatic carbocycles. The number of alkyl carbamates (subject to hydrolysis) is 1. The number of hydrogen-bond acceptors (Lipinski definition) is 9. The van der Waals surface area contributed by atoms with Gasteiger partial charge in [0.05, 0.1) is 13.1 Å². The number of Topliss-reactive ketones (excluding diaryl/α,β-unsaturated/α-hetero) is 1. The van der Waals surface area contributed by atoms with Crippen LogP contribution >= 0.6 is 0 Å². The second kappa shape index (κ2) is 25.2. The number of carboxylic acids is 1. The number of nitrogens with two attached hydrogens (primary N) is 2. The van der Waals surface area contributed by atoms with Gasteiger partial charge in [0.2, 0.25) is 23.6 Å². The van der Waals surface area contributed by atoms with E-state index < -0.39 is 72.2 Å². The third-order valence-electron chi connectivity index (χ3n) is 8.87. The van der Waals surface area contributed by atoms with E-state index >= 15 is 0 Å². The number of carboxylic acid groups (broad SMARTS) is 1. The van der Waals surface area contributed by atoms with Crippen molar-refractivity contribution in [1.82, 2.24) is 26.2 Å². The number of nitrogens with zero attached hydrogens (tertiary/aromatic N) is 3. The Balaban J connectivity index is 0.00000359. The molecule has 6 atom stereocenters. The first-order valence-electron chi connectivity index (χ1n) is 18.2. The second-order valence-corrected chi connectivity index (χ2v) is 13.1. The molecule has 55 heavy (non-hydrogen) atoms. The maximum atomic E-state index is 13.9. The van der Waals surface area contributed by atoms with Crippen LogP contribution < -0.4 is 42.8 Å². The lowest BCUT2D eigenvalue weighted by Gasteiger charge is -2.33. The third-order valence-corrected chi connectivity index (χ3v) is 8.87. The van der Waals surface area contributed by atoms with Crippen molar-refractivity contribution in [2.75, 3.05) is 19.6 Å². The average molecular weight is 773 g/mol. The lowest BCUT2D eigenvalue weighted by Crippen LogP contribution is -2.78. The second-order valence-electron chi connectivity index (χ2n) is 13.1. The molecule has 1 saturated heterocycles. The Bertz CT molecular complexity index is 1530. The Kier molecular flexibility index (Phi) is 21.6. The number of rotatable bonds is 20.